The van der Waals surface area contributed by atoms with Crippen molar-refractivity contribution in [1.29, 1.82) is 0 Å². The third-order valence-corrected chi connectivity index (χ3v) is 3.26. The molecule has 0 saturated heterocycles. The molecule has 1 unspecified atom stereocenters. The lowest BCUT2D eigenvalue weighted by Gasteiger charge is -2.13. The van der Waals surface area contributed by atoms with Gasteiger partial charge in [0.1, 0.15) is 6.04 Å². The molecule has 0 aliphatic rings. The van der Waals surface area contributed by atoms with Gasteiger partial charge >= 0.3 is 0 Å². The molecule has 2 aromatic rings. The quantitative estimate of drug-likeness (QED) is 0.748. The lowest BCUT2D eigenvalue weighted by molar-refractivity contribution is 0.404. The predicted octanol–water partition coefficient (Wildman–Crippen LogP) is 3.50. The third kappa shape index (κ3) is 3.90. The van der Waals surface area contributed by atoms with E-state index in [0.717, 1.165) is 30.8 Å². The van der Waals surface area contributed by atoms with E-state index in [2.05, 4.69) is 41.5 Å². The Balaban J connectivity index is 2.10. The summed E-state index contributed by atoms with van der Waals surface area (Å²) in [6.07, 6.45) is 4.38. The molecule has 0 saturated carbocycles. The van der Waals surface area contributed by atoms with Crippen LogP contribution in [-0.2, 0) is 6.42 Å². The highest BCUT2D eigenvalue weighted by Gasteiger charge is 2.19. The van der Waals surface area contributed by atoms with Crippen LogP contribution in [0.4, 0.5) is 0 Å². The van der Waals surface area contributed by atoms with Crippen LogP contribution in [0.3, 0.4) is 0 Å². The molecule has 1 aromatic heterocycles. The van der Waals surface area contributed by atoms with Crippen LogP contribution in [0.2, 0.25) is 0 Å². The first kappa shape index (κ1) is 14.7. The predicted molar refractivity (Wildman–Crippen MR) is 79.5 cm³/mol. The Bertz CT molecular complexity index is 495. The Kier molecular flexibility index (Phi) is 5.74. The van der Waals surface area contributed by atoms with E-state index < -0.39 is 0 Å². The minimum absolute atomic E-state index is 0.0198. The molecule has 1 N–H and O–H groups in total. The van der Waals surface area contributed by atoms with E-state index in [1.807, 2.05) is 18.2 Å². The Labute approximate surface area is 120 Å². The maximum Gasteiger partial charge on any atom is 0.237 e. The summed E-state index contributed by atoms with van der Waals surface area (Å²) in [4.78, 5) is 0. The van der Waals surface area contributed by atoms with Crippen LogP contribution in [0, 0.1) is 0 Å². The van der Waals surface area contributed by atoms with Gasteiger partial charge < -0.3 is 9.73 Å². The maximum atomic E-state index is 5.81. The Hall–Kier alpha value is -1.68. The first-order valence-electron chi connectivity index (χ1n) is 7.45. The summed E-state index contributed by atoms with van der Waals surface area (Å²) >= 11 is 0. The van der Waals surface area contributed by atoms with Gasteiger partial charge in [-0.2, -0.15) is 0 Å². The molecule has 0 spiro atoms. The van der Waals surface area contributed by atoms with Gasteiger partial charge in [-0.05, 0) is 18.5 Å². The molecule has 0 aliphatic heterocycles. The van der Waals surface area contributed by atoms with E-state index in [4.69, 9.17) is 4.42 Å². The molecular weight excluding hydrogens is 250 g/mol. The second-order valence-corrected chi connectivity index (χ2v) is 4.89. The number of unbranched alkanes of at least 4 members (excludes halogenated alkanes) is 2. The number of rotatable bonds is 8. The monoisotopic (exact) mass is 273 g/mol. The van der Waals surface area contributed by atoms with Gasteiger partial charge in [0.15, 0.2) is 0 Å². The molecule has 4 heteroatoms. The first-order valence-corrected chi connectivity index (χ1v) is 7.45. The van der Waals surface area contributed by atoms with Crippen LogP contribution in [0.25, 0.3) is 0 Å². The summed E-state index contributed by atoms with van der Waals surface area (Å²) in [5, 5.41) is 11.8. The molecule has 108 valence electrons. The van der Waals surface area contributed by atoms with Crippen LogP contribution >= 0.6 is 0 Å². The van der Waals surface area contributed by atoms with Gasteiger partial charge in [-0.1, -0.05) is 57.0 Å². The fraction of sp³-hybridized carbons (Fsp3) is 0.500. The zero-order chi connectivity index (χ0) is 14.2. The molecule has 0 bridgehead atoms. The molecule has 1 aromatic carbocycles. The lowest BCUT2D eigenvalue weighted by atomic mass is 10.1. The normalized spacial score (nSPS) is 12.5. The van der Waals surface area contributed by atoms with E-state index in [0.29, 0.717) is 5.89 Å². The molecule has 0 fully saturated rings. The van der Waals surface area contributed by atoms with Crippen LogP contribution in [-0.4, -0.2) is 16.7 Å². The summed E-state index contributed by atoms with van der Waals surface area (Å²) in [7, 11) is 0. The van der Waals surface area contributed by atoms with Gasteiger partial charge in [-0.15, -0.1) is 10.2 Å². The van der Waals surface area contributed by atoms with Gasteiger partial charge in [0.2, 0.25) is 11.8 Å². The number of hydrogen-bond donors (Lipinski definition) is 1. The Morgan fingerprint density at radius 2 is 1.90 bits per heavy atom. The summed E-state index contributed by atoms with van der Waals surface area (Å²) in [5.74, 6) is 1.40. The van der Waals surface area contributed by atoms with Crippen molar-refractivity contribution in [1.82, 2.24) is 15.5 Å². The Morgan fingerprint density at radius 1 is 1.10 bits per heavy atom. The topological polar surface area (TPSA) is 51.0 Å². The van der Waals surface area contributed by atoms with E-state index in [-0.39, 0.29) is 6.04 Å². The third-order valence-electron chi connectivity index (χ3n) is 3.26. The minimum atomic E-state index is -0.0198. The van der Waals surface area contributed by atoms with Crippen LogP contribution in [0.5, 0.6) is 0 Å². The minimum Gasteiger partial charge on any atom is -0.423 e. The number of benzene rings is 1. The highest BCUT2D eigenvalue weighted by Crippen LogP contribution is 2.21. The fourth-order valence-corrected chi connectivity index (χ4v) is 2.21. The standard InChI is InChI=1S/C16H23N3O/c1-3-5-7-12-14-18-19-16(20-14)15(17-4-2)13-10-8-6-9-11-13/h6,8-11,15,17H,3-5,7,12H2,1-2H3. The van der Waals surface area contributed by atoms with E-state index in [1.54, 1.807) is 0 Å². The Morgan fingerprint density at radius 3 is 2.60 bits per heavy atom. The maximum absolute atomic E-state index is 5.81. The first-order chi connectivity index (χ1) is 9.85. The van der Waals surface area contributed by atoms with Gasteiger partial charge in [0, 0.05) is 6.42 Å². The summed E-state index contributed by atoms with van der Waals surface area (Å²) in [6.45, 7) is 5.12. The van der Waals surface area contributed by atoms with Gasteiger partial charge in [0.05, 0.1) is 0 Å². The van der Waals surface area contributed by atoms with Crippen molar-refractivity contribution in [2.45, 2.75) is 45.6 Å². The average molecular weight is 273 g/mol. The second-order valence-electron chi connectivity index (χ2n) is 4.89. The van der Waals surface area contributed by atoms with Crippen molar-refractivity contribution in [2.75, 3.05) is 6.54 Å². The van der Waals surface area contributed by atoms with E-state index in [1.165, 1.54) is 12.8 Å². The molecule has 2 rings (SSSR count). The number of nitrogens with zero attached hydrogens (tertiary/aromatic N) is 2. The average Bonchev–Trinajstić information content (AvgIpc) is 2.94. The molecule has 0 aliphatic carbocycles. The smallest absolute Gasteiger partial charge is 0.237 e. The fourth-order valence-electron chi connectivity index (χ4n) is 2.21. The van der Waals surface area contributed by atoms with Crippen LogP contribution in [0.1, 0.15) is 56.5 Å². The number of aryl methyl sites for hydroxylation is 1. The summed E-state index contributed by atoms with van der Waals surface area (Å²) < 4.78 is 5.81. The molecule has 0 amide bonds. The van der Waals surface area contributed by atoms with Crippen molar-refractivity contribution < 1.29 is 4.42 Å². The molecular formula is C16H23N3O. The summed E-state index contributed by atoms with van der Waals surface area (Å²) in [6, 6.07) is 10.2. The zero-order valence-corrected chi connectivity index (χ0v) is 12.3. The van der Waals surface area contributed by atoms with E-state index in [9.17, 15) is 0 Å². The molecule has 1 atom stereocenters. The molecule has 20 heavy (non-hydrogen) atoms. The molecule has 4 nitrogen and oxygen atoms in total. The largest absolute Gasteiger partial charge is 0.423 e. The van der Waals surface area contributed by atoms with Gasteiger partial charge in [0.25, 0.3) is 0 Å². The van der Waals surface area contributed by atoms with Crippen LogP contribution < -0.4 is 5.32 Å². The number of aromatic nitrogens is 2. The second kappa shape index (κ2) is 7.80. The summed E-state index contributed by atoms with van der Waals surface area (Å²) in [5.41, 5.74) is 1.15. The van der Waals surface area contributed by atoms with Gasteiger partial charge in [-0.25, -0.2) is 0 Å². The molecule has 1 heterocycles. The van der Waals surface area contributed by atoms with Crippen LogP contribution in [0.15, 0.2) is 34.7 Å². The number of nitrogens with one attached hydrogen (secondary N) is 1. The zero-order valence-electron chi connectivity index (χ0n) is 12.3. The highest BCUT2D eigenvalue weighted by atomic mass is 16.4. The van der Waals surface area contributed by atoms with Crippen molar-refractivity contribution in [3.8, 4) is 0 Å². The molecule has 0 radical (unpaired) electrons. The highest BCUT2D eigenvalue weighted by molar-refractivity contribution is 5.23. The van der Waals surface area contributed by atoms with Crippen molar-refractivity contribution >= 4 is 0 Å². The lowest BCUT2D eigenvalue weighted by Crippen LogP contribution is -2.22. The number of hydrogen-bond acceptors (Lipinski definition) is 4. The van der Waals surface area contributed by atoms with Crippen molar-refractivity contribution in [3.63, 3.8) is 0 Å². The van der Waals surface area contributed by atoms with E-state index >= 15 is 0 Å². The van der Waals surface area contributed by atoms with Crippen molar-refractivity contribution in [2.24, 2.45) is 0 Å². The SMILES string of the molecule is CCCCCc1nnc(C(NCC)c2ccccc2)o1. The van der Waals surface area contributed by atoms with Crippen molar-refractivity contribution in [3.05, 3.63) is 47.7 Å². The van der Waals surface area contributed by atoms with Gasteiger partial charge in [-0.3, -0.25) is 0 Å².